The first-order valence-corrected chi connectivity index (χ1v) is 10.3. The molecular formula is C24H22F3N3O3. The normalized spacial score (nSPS) is 15.2. The topological polar surface area (TPSA) is 83.5 Å². The van der Waals surface area contributed by atoms with Crippen LogP contribution in [0.5, 0.6) is 5.75 Å². The summed E-state index contributed by atoms with van der Waals surface area (Å²) in [5.74, 6) is -0.840. The van der Waals surface area contributed by atoms with Crippen molar-refractivity contribution < 1.29 is 27.8 Å². The maximum Gasteiger partial charge on any atom is 0.422 e. The minimum absolute atomic E-state index is 0.00450. The summed E-state index contributed by atoms with van der Waals surface area (Å²) < 4.78 is 42.0. The van der Waals surface area contributed by atoms with Gasteiger partial charge in [0.2, 0.25) is 0 Å². The van der Waals surface area contributed by atoms with Gasteiger partial charge in [-0.05, 0) is 59.0 Å². The molecule has 0 bridgehead atoms. The van der Waals surface area contributed by atoms with E-state index in [0.29, 0.717) is 18.8 Å². The highest BCUT2D eigenvalue weighted by Gasteiger charge is 2.28. The summed E-state index contributed by atoms with van der Waals surface area (Å²) in [6, 6.07) is 12.4. The number of anilines is 1. The minimum Gasteiger partial charge on any atom is -0.484 e. The highest BCUT2D eigenvalue weighted by atomic mass is 19.4. The van der Waals surface area contributed by atoms with E-state index in [1.54, 1.807) is 18.2 Å². The van der Waals surface area contributed by atoms with Crippen LogP contribution in [0.4, 0.5) is 18.9 Å². The Kier molecular flexibility index (Phi) is 6.24. The van der Waals surface area contributed by atoms with Crippen molar-refractivity contribution >= 4 is 11.7 Å². The number of rotatable bonds is 7. The van der Waals surface area contributed by atoms with Gasteiger partial charge in [-0.15, -0.1) is 0 Å². The van der Waals surface area contributed by atoms with Crippen LogP contribution in [0, 0.1) is 6.92 Å². The quantitative estimate of drug-likeness (QED) is 0.466. The van der Waals surface area contributed by atoms with Gasteiger partial charge in [0.05, 0.1) is 23.5 Å². The molecule has 6 nitrogen and oxygen atoms in total. The number of benzene rings is 2. The van der Waals surface area contributed by atoms with Gasteiger partial charge in [0.15, 0.2) is 6.61 Å². The molecule has 3 aromatic rings. The first kappa shape index (κ1) is 22.6. The molecule has 2 heterocycles. The Hall–Kier alpha value is -3.59. The molecule has 0 radical (unpaired) electrons. The molecule has 1 atom stereocenters. The number of carbonyl (C=O) groups is 1. The summed E-state index contributed by atoms with van der Waals surface area (Å²) >= 11 is 0. The van der Waals surface area contributed by atoms with E-state index >= 15 is 0 Å². The number of nitrogens with zero attached hydrogens (tertiary/aromatic N) is 1. The maximum atomic E-state index is 12.4. The lowest BCUT2D eigenvalue weighted by Gasteiger charge is -2.16. The summed E-state index contributed by atoms with van der Waals surface area (Å²) in [4.78, 5) is 15.4. The van der Waals surface area contributed by atoms with Gasteiger partial charge in [-0.2, -0.15) is 13.2 Å². The van der Waals surface area contributed by atoms with Gasteiger partial charge in [0.1, 0.15) is 5.75 Å². The molecule has 0 saturated heterocycles. The number of aromatic nitrogens is 1. The number of carboxylic acid groups (broad SMARTS) is 1. The van der Waals surface area contributed by atoms with Crippen LogP contribution >= 0.6 is 0 Å². The molecule has 1 aliphatic rings. The average Bonchev–Trinajstić information content (AvgIpc) is 3.18. The number of nitrogens with one attached hydrogen (secondary N) is 2. The van der Waals surface area contributed by atoms with E-state index in [-0.39, 0.29) is 17.4 Å². The molecule has 0 fully saturated rings. The van der Waals surface area contributed by atoms with Crippen molar-refractivity contribution in [3.05, 3.63) is 77.1 Å². The smallest absolute Gasteiger partial charge is 0.422 e. The molecule has 9 heteroatoms. The second-order valence-corrected chi connectivity index (χ2v) is 7.83. The molecule has 172 valence electrons. The number of aromatic carboxylic acids is 1. The fourth-order valence-electron chi connectivity index (χ4n) is 3.94. The zero-order valence-corrected chi connectivity index (χ0v) is 17.7. The van der Waals surface area contributed by atoms with Crippen molar-refractivity contribution in [2.75, 3.05) is 18.5 Å². The van der Waals surface area contributed by atoms with E-state index in [0.717, 1.165) is 27.8 Å². The predicted molar refractivity (Wildman–Crippen MR) is 117 cm³/mol. The molecule has 3 N–H and O–H groups in total. The van der Waals surface area contributed by atoms with E-state index in [4.69, 9.17) is 4.74 Å². The Morgan fingerprint density at radius 3 is 2.79 bits per heavy atom. The van der Waals surface area contributed by atoms with Crippen LogP contribution in [0.15, 0.2) is 54.9 Å². The van der Waals surface area contributed by atoms with Crippen LogP contribution in [0.25, 0.3) is 11.1 Å². The third kappa shape index (κ3) is 5.25. The Balaban J connectivity index is 1.47. The summed E-state index contributed by atoms with van der Waals surface area (Å²) in [6.45, 7) is 1.66. The third-order valence-corrected chi connectivity index (χ3v) is 5.52. The van der Waals surface area contributed by atoms with Crippen LogP contribution in [-0.2, 0) is 6.54 Å². The van der Waals surface area contributed by atoms with Crippen molar-refractivity contribution in [3.63, 3.8) is 0 Å². The number of hydrogen-bond acceptors (Lipinski definition) is 5. The van der Waals surface area contributed by atoms with E-state index in [2.05, 4.69) is 21.7 Å². The number of carboxylic acids is 1. The Morgan fingerprint density at radius 1 is 1.24 bits per heavy atom. The van der Waals surface area contributed by atoms with Gasteiger partial charge in [-0.3, -0.25) is 4.98 Å². The lowest BCUT2D eigenvalue weighted by atomic mass is 9.95. The van der Waals surface area contributed by atoms with Gasteiger partial charge in [0.25, 0.3) is 0 Å². The number of ether oxygens (including phenoxy) is 1. The number of hydrogen-bond donors (Lipinski definition) is 3. The lowest BCUT2D eigenvalue weighted by molar-refractivity contribution is -0.153. The molecule has 0 saturated carbocycles. The van der Waals surface area contributed by atoms with Gasteiger partial charge in [-0.25, -0.2) is 4.79 Å². The van der Waals surface area contributed by atoms with Crippen LogP contribution < -0.4 is 15.4 Å². The Labute approximate surface area is 188 Å². The second kappa shape index (κ2) is 9.11. The molecule has 2 aromatic carbocycles. The van der Waals surface area contributed by atoms with E-state index < -0.39 is 18.8 Å². The Morgan fingerprint density at radius 2 is 2.06 bits per heavy atom. The summed E-state index contributed by atoms with van der Waals surface area (Å²) in [5, 5.41) is 15.9. The first-order valence-electron chi connectivity index (χ1n) is 10.3. The highest BCUT2D eigenvalue weighted by Crippen LogP contribution is 2.33. The van der Waals surface area contributed by atoms with Crippen LogP contribution in [0.1, 0.15) is 33.1 Å². The Bertz CT molecular complexity index is 1180. The fourth-order valence-corrected chi connectivity index (χ4v) is 3.94. The number of fused-ring (bicyclic) bond motifs is 1. The number of pyridine rings is 1. The van der Waals surface area contributed by atoms with Gasteiger partial charge in [0, 0.05) is 19.3 Å². The highest BCUT2D eigenvalue weighted by molar-refractivity contribution is 5.93. The lowest BCUT2D eigenvalue weighted by Crippen LogP contribution is -2.22. The van der Waals surface area contributed by atoms with E-state index in [1.807, 2.05) is 19.1 Å². The molecule has 1 aromatic heterocycles. The SMILES string of the molecule is Cc1cc(OCC(F)(F)F)ccc1-c1ccc2c(c1)CN[C@H]2CNc1cnccc1C(=O)O. The van der Waals surface area contributed by atoms with E-state index in [9.17, 15) is 23.1 Å². The van der Waals surface area contributed by atoms with Crippen molar-refractivity contribution in [2.24, 2.45) is 0 Å². The zero-order chi connectivity index (χ0) is 23.6. The maximum absolute atomic E-state index is 12.4. The van der Waals surface area contributed by atoms with Crippen LogP contribution in [0.2, 0.25) is 0 Å². The van der Waals surface area contributed by atoms with E-state index in [1.165, 1.54) is 18.5 Å². The molecule has 4 rings (SSSR count). The summed E-state index contributed by atoms with van der Waals surface area (Å²) in [7, 11) is 0. The van der Waals surface area contributed by atoms with Gasteiger partial charge in [-0.1, -0.05) is 18.2 Å². The van der Waals surface area contributed by atoms with Crippen molar-refractivity contribution in [1.82, 2.24) is 10.3 Å². The van der Waals surface area contributed by atoms with Gasteiger partial charge < -0.3 is 20.5 Å². The largest absolute Gasteiger partial charge is 0.484 e. The second-order valence-electron chi connectivity index (χ2n) is 7.83. The standard InChI is InChI=1S/C24H22F3N3O3/c1-14-8-17(33-13-24(25,26)27)3-5-18(14)15-2-4-19-16(9-15)10-29-22(19)12-30-21-11-28-7-6-20(21)23(31)32/h2-9,11,22,29-30H,10,12-13H2,1H3,(H,31,32)/t22-/m0/s1. The van der Waals surface area contributed by atoms with Crippen LogP contribution in [0.3, 0.4) is 0 Å². The number of halogens is 3. The number of aryl methyl sites for hydroxylation is 1. The number of alkyl halides is 3. The molecule has 0 unspecified atom stereocenters. The van der Waals surface area contributed by atoms with Gasteiger partial charge >= 0.3 is 12.1 Å². The zero-order valence-electron chi connectivity index (χ0n) is 17.7. The molecule has 0 aliphatic carbocycles. The average molecular weight is 457 g/mol. The predicted octanol–water partition coefficient (Wildman–Crippen LogP) is 4.95. The van der Waals surface area contributed by atoms with Crippen molar-refractivity contribution in [1.29, 1.82) is 0 Å². The molecule has 1 aliphatic heterocycles. The first-order chi connectivity index (χ1) is 15.7. The molecule has 0 amide bonds. The molecule has 33 heavy (non-hydrogen) atoms. The summed E-state index contributed by atoms with van der Waals surface area (Å²) in [6.07, 6.45) is -1.44. The summed E-state index contributed by atoms with van der Waals surface area (Å²) in [5.41, 5.74) is 5.54. The van der Waals surface area contributed by atoms with Crippen molar-refractivity contribution in [2.45, 2.75) is 25.7 Å². The minimum atomic E-state index is -4.38. The van der Waals surface area contributed by atoms with Crippen LogP contribution in [-0.4, -0.2) is 35.4 Å². The molecule has 0 spiro atoms. The van der Waals surface area contributed by atoms with Crippen molar-refractivity contribution in [3.8, 4) is 16.9 Å². The monoisotopic (exact) mass is 457 g/mol. The fraction of sp³-hybridized carbons (Fsp3) is 0.250. The molecular weight excluding hydrogens is 435 g/mol. The third-order valence-electron chi connectivity index (χ3n) is 5.52.